The molecule has 10 heteroatoms. The molecule has 1 heterocycles. The second-order valence-electron chi connectivity index (χ2n) is 7.16. The zero-order valence-electron chi connectivity index (χ0n) is 16.5. The van der Waals surface area contributed by atoms with Gasteiger partial charge in [0.15, 0.2) is 6.29 Å². The Hall–Kier alpha value is -0.850. The van der Waals surface area contributed by atoms with Crippen molar-refractivity contribution in [2.75, 3.05) is 13.2 Å². The number of ether oxygens (including phenoxy) is 2. The highest BCUT2D eigenvalue weighted by Gasteiger charge is 2.44. The lowest BCUT2D eigenvalue weighted by atomic mass is 9.99. The fraction of sp³-hybridized carbons (Fsp3) is 0.944. The van der Waals surface area contributed by atoms with Crippen LogP contribution in [-0.2, 0) is 14.3 Å². The first-order valence-corrected chi connectivity index (χ1v) is 9.85. The standard InChI is InChI=1S/C18H35NO9/c1-3-5-7-11(21)10(19-17(26)12(22)6-4-2)9-27-18-16(25)15(24)14(23)13(8-20)28-18/h10-16,18,20-25H,3-9H2,1-2H3,(H,19,26)/t10-,11+,12-,13?,14?,15?,16?,18?/m0/s1. The van der Waals surface area contributed by atoms with E-state index in [0.717, 1.165) is 6.42 Å². The van der Waals surface area contributed by atoms with Gasteiger partial charge in [0.05, 0.1) is 25.4 Å². The second-order valence-corrected chi connectivity index (χ2v) is 7.16. The lowest BCUT2D eigenvalue weighted by Gasteiger charge is -2.40. The van der Waals surface area contributed by atoms with Crippen molar-refractivity contribution < 1.29 is 44.9 Å². The lowest BCUT2D eigenvalue weighted by Crippen LogP contribution is -2.60. The third-order valence-electron chi connectivity index (χ3n) is 4.80. The summed E-state index contributed by atoms with van der Waals surface area (Å²) in [5.74, 6) is -0.639. The molecule has 10 nitrogen and oxygen atoms in total. The van der Waals surface area contributed by atoms with E-state index in [1.807, 2.05) is 13.8 Å². The number of carbonyl (C=O) groups is 1. The molecule has 0 spiro atoms. The lowest BCUT2D eigenvalue weighted by molar-refractivity contribution is -0.302. The van der Waals surface area contributed by atoms with Crippen LogP contribution in [0.2, 0.25) is 0 Å². The van der Waals surface area contributed by atoms with Crippen molar-refractivity contribution in [3.05, 3.63) is 0 Å². The third-order valence-corrected chi connectivity index (χ3v) is 4.80. The van der Waals surface area contributed by atoms with Gasteiger partial charge in [-0.1, -0.05) is 33.1 Å². The summed E-state index contributed by atoms with van der Waals surface area (Å²) in [7, 11) is 0. The Labute approximate surface area is 165 Å². The number of hydrogen-bond donors (Lipinski definition) is 7. The molecule has 0 bridgehead atoms. The quantitative estimate of drug-likeness (QED) is 0.193. The van der Waals surface area contributed by atoms with Crippen LogP contribution >= 0.6 is 0 Å². The van der Waals surface area contributed by atoms with Crippen LogP contribution < -0.4 is 5.32 Å². The van der Waals surface area contributed by atoms with Crippen molar-refractivity contribution in [2.24, 2.45) is 0 Å². The molecule has 1 fully saturated rings. The molecular formula is C18H35NO9. The Morgan fingerprint density at radius 2 is 1.75 bits per heavy atom. The average molecular weight is 409 g/mol. The van der Waals surface area contributed by atoms with Crippen molar-refractivity contribution >= 4 is 5.91 Å². The van der Waals surface area contributed by atoms with Crippen LogP contribution in [0.4, 0.5) is 0 Å². The fourth-order valence-electron chi connectivity index (χ4n) is 2.95. The summed E-state index contributed by atoms with van der Waals surface area (Å²) in [5, 5.41) is 61.6. The minimum atomic E-state index is -1.58. The van der Waals surface area contributed by atoms with Crippen LogP contribution in [-0.4, -0.2) is 98.7 Å². The molecule has 28 heavy (non-hydrogen) atoms. The maximum absolute atomic E-state index is 12.1. The molecule has 0 aliphatic carbocycles. The summed E-state index contributed by atoms with van der Waals surface area (Å²) in [6, 6.07) is -0.877. The molecule has 5 unspecified atom stereocenters. The van der Waals surface area contributed by atoms with Gasteiger partial charge in [-0.05, 0) is 12.8 Å². The average Bonchev–Trinajstić information content (AvgIpc) is 2.68. The van der Waals surface area contributed by atoms with E-state index in [9.17, 15) is 35.4 Å². The summed E-state index contributed by atoms with van der Waals surface area (Å²) >= 11 is 0. The minimum absolute atomic E-state index is 0.266. The Balaban J connectivity index is 2.75. The molecule has 1 amide bonds. The molecule has 0 aromatic carbocycles. The topological polar surface area (TPSA) is 169 Å². The second kappa shape index (κ2) is 12.7. The molecule has 0 radical (unpaired) electrons. The molecule has 7 N–H and O–H groups in total. The van der Waals surface area contributed by atoms with E-state index in [1.165, 1.54) is 0 Å². The molecule has 1 saturated heterocycles. The normalized spacial score (nSPS) is 31.2. The van der Waals surface area contributed by atoms with Crippen LogP contribution in [0.1, 0.15) is 46.0 Å². The van der Waals surface area contributed by atoms with Crippen molar-refractivity contribution in [1.82, 2.24) is 5.32 Å². The van der Waals surface area contributed by atoms with E-state index in [-0.39, 0.29) is 13.0 Å². The van der Waals surface area contributed by atoms with Gasteiger partial charge in [0.25, 0.3) is 0 Å². The maximum atomic E-state index is 12.1. The number of unbranched alkanes of at least 4 members (excludes halogenated alkanes) is 1. The molecule has 166 valence electrons. The molecular weight excluding hydrogens is 374 g/mol. The summed E-state index contributed by atoms with van der Waals surface area (Å²) < 4.78 is 10.7. The Morgan fingerprint density at radius 1 is 1.07 bits per heavy atom. The predicted octanol–water partition coefficient (Wildman–Crippen LogP) is -2.00. The van der Waals surface area contributed by atoms with Gasteiger partial charge in [-0.15, -0.1) is 0 Å². The van der Waals surface area contributed by atoms with Gasteiger partial charge < -0.3 is 45.4 Å². The van der Waals surface area contributed by atoms with E-state index in [2.05, 4.69) is 5.32 Å². The van der Waals surface area contributed by atoms with E-state index in [0.29, 0.717) is 19.3 Å². The third kappa shape index (κ3) is 7.20. The van der Waals surface area contributed by atoms with E-state index < -0.39 is 61.5 Å². The molecule has 1 aliphatic rings. The maximum Gasteiger partial charge on any atom is 0.249 e. The van der Waals surface area contributed by atoms with Gasteiger partial charge in [0.2, 0.25) is 5.91 Å². The van der Waals surface area contributed by atoms with E-state index in [4.69, 9.17) is 9.47 Å². The zero-order valence-corrected chi connectivity index (χ0v) is 16.5. The Morgan fingerprint density at radius 3 is 2.32 bits per heavy atom. The first-order valence-electron chi connectivity index (χ1n) is 9.85. The van der Waals surface area contributed by atoms with Crippen molar-refractivity contribution in [2.45, 2.75) is 94.9 Å². The van der Waals surface area contributed by atoms with Crippen molar-refractivity contribution in [1.29, 1.82) is 0 Å². The first-order chi connectivity index (χ1) is 13.3. The van der Waals surface area contributed by atoms with Crippen molar-refractivity contribution in [3.63, 3.8) is 0 Å². The van der Waals surface area contributed by atoms with Gasteiger partial charge in [-0.2, -0.15) is 0 Å². The number of rotatable bonds is 12. The van der Waals surface area contributed by atoms with Crippen LogP contribution in [0.15, 0.2) is 0 Å². The van der Waals surface area contributed by atoms with Gasteiger partial charge >= 0.3 is 0 Å². The van der Waals surface area contributed by atoms with E-state index in [1.54, 1.807) is 0 Å². The number of carbonyl (C=O) groups excluding carboxylic acids is 1. The van der Waals surface area contributed by atoms with Gasteiger partial charge in [-0.3, -0.25) is 4.79 Å². The smallest absolute Gasteiger partial charge is 0.249 e. The molecule has 0 aromatic rings. The Bertz CT molecular complexity index is 451. The Kier molecular flexibility index (Phi) is 11.4. The van der Waals surface area contributed by atoms with Gasteiger partial charge in [0.1, 0.15) is 30.5 Å². The van der Waals surface area contributed by atoms with Crippen LogP contribution in [0.25, 0.3) is 0 Å². The highest BCUT2D eigenvalue weighted by Crippen LogP contribution is 2.22. The summed E-state index contributed by atoms with van der Waals surface area (Å²) in [5.41, 5.74) is 0. The number of aliphatic hydroxyl groups is 6. The zero-order chi connectivity index (χ0) is 21.3. The summed E-state index contributed by atoms with van der Waals surface area (Å²) in [6.45, 7) is 2.92. The SMILES string of the molecule is CCCC[C@@H](O)[C@H](COC1OC(CO)C(O)C(O)C1O)NC(=O)[C@@H](O)CCC. The number of nitrogens with one attached hydrogen (secondary N) is 1. The molecule has 0 aromatic heterocycles. The van der Waals surface area contributed by atoms with Crippen molar-refractivity contribution in [3.8, 4) is 0 Å². The molecule has 1 rings (SSSR count). The highest BCUT2D eigenvalue weighted by molar-refractivity contribution is 5.80. The first kappa shape index (κ1) is 25.2. The monoisotopic (exact) mass is 409 g/mol. The predicted molar refractivity (Wildman–Crippen MR) is 98.1 cm³/mol. The minimum Gasteiger partial charge on any atom is -0.394 e. The molecule has 0 saturated carbocycles. The van der Waals surface area contributed by atoms with E-state index >= 15 is 0 Å². The fourth-order valence-corrected chi connectivity index (χ4v) is 2.95. The number of amides is 1. The van der Waals surface area contributed by atoms with Gasteiger partial charge in [0, 0.05) is 0 Å². The highest BCUT2D eigenvalue weighted by atomic mass is 16.7. The number of hydrogen-bond acceptors (Lipinski definition) is 9. The molecule has 8 atom stereocenters. The van der Waals surface area contributed by atoms with Crippen LogP contribution in [0.5, 0.6) is 0 Å². The number of aliphatic hydroxyl groups excluding tert-OH is 6. The van der Waals surface area contributed by atoms with Crippen LogP contribution in [0.3, 0.4) is 0 Å². The summed E-state index contributed by atoms with van der Waals surface area (Å²) in [4.78, 5) is 12.1. The van der Waals surface area contributed by atoms with Gasteiger partial charge in [-0.25, -0.2) is 0 Å². The molecule has 1 aliphatic heterocycles. The summed E-state index contributed by atoms with van der Waals surface area (Å²) in [6.07, 6.45) is -6.49. The van der Waals surface area contributed by atoms with Crippen LogP contribution in [0, 0.1) is 0 Å². The largest absolute Gasteiger partial charge is 0.394 e.